The number of hydrogen-bond donors (Lipinski definition) is 0. The standard InChI is InChI=1S/C11H13F3N4/c1-8(2)18(7-3-5-15)10-16-6-4-9(17-10)11(12,13)14/h4,6,8H,3,7H2,1-2H3. The van der Waals surface area contributed by atoms with E-state index >= 15 is 0 Å². The Bertz CT molecular complexity index is 437. The monoisotopic (exact) mass is 258 g/mol. The van der Waals surface area contributed by atoms with Gasteiger partial charge in [0.05, 0.1) is 12.5 Å². The maximum atomic E-state index is 12.5. The second kappa shape index (κ2) is 5.67. The summed E-state index contributed by atoms with van der Waals surface area (Å²) < 4.78 is 37.6. The zero-order valence-electron chi connectivity index (χ0n) is 10.1. The Balaban J connectivity index is 3.03. The molecule has 0 atom stereocenters. The molecular weight excluding hydrogens is 245 g/mol. The maximum absolute atomic E-state index is 12.5. The minimum atomic E-state index is -4.49. The third kappa shape index (κ3) is 3.58. The molecule has 0 saturated heterocycles. The van der Waals surface area contributed by atoms with Crippen molar-refractivity contribution in [3.8, 4) is 6.07 Å². The van der Waals surface area contributed by atoms with Crippen molar-refractivity contribution >= 4 is 5.95 Å². The quantitative estimate of drug-likeness (QED) is 0.833. The molecule has 0 amide bonds. The van der Waals surface area contributed by atoms with Gasteiger partial charge in [-0.2, -0.15) is 18.4 Å². The van der Waals surface area contributed by atoms with Gasteiger partial charge in [-0.1, -0.05) is 0 Å². The first-order valence-electron chi connectivity index (χ1n) is 5.40. The van der Waals surface area contributed by atoms with Crippen LogP contribution in [0.5, 0.6) is 0 Å². The van der Waals surface area contributed by atoms with Gasteiger partial charge in [-0.05, 0) is 19.9 Å². The van der Waals surface area contributed by atoms with E-state index in [2.05, 4.69) is 9.97 Å². The van der Waals surface area contributed by atoms with E-state index in [9.17, 15) is 13.2 Å². The van der Waals surface area contributed by atoms with Crippen LogP contribution in [0, 0.1) is 11.3 Å². The third-order valence-corrected chi connectivity index (χ3v) is 2.28. The van der Waals surface area contributed by atoms with Crippen LogP contribution in [0.25, 0.3) is 0 Å². The van der Waals surface area contributed by atoms with Gasteiger partial charge in [-0.25, -0.2) is 9.97 Å². The molecule has 0 aliphatic rings. The van der Waals surface area contributed by atoms with Crippen molar-refractivity contribution in [1.82, 2.24) is 9.97 Å². The van der Waals surface area contributed by atoms with Crippen molar-refractivity contribution in [2.75, 3.05) is 11.4 Å². The topological polar surface area (TPSA) is 52.8 Å². The highest BCUT2D eigenvalue weighted by atomic mass is 19.4. The van der Waals surface area contributed by atoms with E-state index in [-0.39, 0.29) is 18.4 Å². The summed E-state index contributed by atoms with van der Waals surface area (Å²) in [6.07, 6.45) is -3.21. The van der Waals surface area contributed by atoms with Crippen molar-refractivity contribution in [3.63, 3.8) is 0 Å². The van der Waals surface area contributed by atoms with Gasteiger partial charge in [0.2, 0.25) is 5.95 Å². The van der Waals surface area contributed by atoms with Crippen LogP contribution in [-0.4, -0.2) is 22.6 Å². The van der Waals surface area contributed by atoms with Gasteiger partial charge in [0.25, 0.3) is 0 Å². The van der Waals surface area contributed by atoms with Crippen molar-refractivity contribution in [2.45, 2.75) is 32.5 Å². The van der Waals surface area contributed by atoms with Crippen LogP contribution in [0.1, 0.15) is 26.0 Å². The van der Waals surface area contributed by atoms with E-state index in [0.717, 1.165) is 12.3 Å². The fraction of sp³-hybridized carbons (Fsp3) is 0.545. The second-order valence-electron chi connectivity index (χ2n) is 3.93. The van der Waals surface area contributed by atoms with Crippen molar-refractivity contribution in [2.24, 2.45) is 0 Å². The number of rotatable bonds is 4. The molecule has 1 heterocycles. The Morgan fingerprint density at radius 2 is 2.11 bits per heavy atom. The molecule has 1 rings (SSSR count). The summed E-state index contributed by atoms with van der Waals surface area (Å²) in [5.41, 5.74) is -0.977. The Morgan fingerprint density at radius 3 is 2.61 bits per heavy atom. The van der Waals surface area contributed by atoms with Crippen molar-refractivity contribution in [1.29, 1.82) is 5.26 Å². The highest BCUT2D eigenvalue weighted by Gasteiger charge is 2.33. The molecule has 0 radical (unpaired) electrons. The number of hydrogen-bond acceptors (Lipinski definition) is 4. The molecule has 0 spiro atoms. The van der Waals surface area contributed by atoms with Gasteiger partial charge in [0.15, 0.2) is 0 Å². The minimum Gasteiger partial charge on any atom is -0.337 e. The van der Waals surface area contributed by atoms with E-state index in [4.69, 9.17) is 5.26 Å². The molecule has 4 nitrogen and oxygen atoms in total. The highest BCUT2D eigenvalue weighted by Crippen LogP contribution is 2.28. The number of aromatic nitrogens is 2. The first-order chi connectivity index (χ1) is 8.36. The number of nitrogens with zero attached hydrogens (tertiary/aromatic N) is 4. The molecule has 0 fully saturated rings. The SMILES string of the molecule is CC(C)N(CCC#N)c1nccc(C(F)(F)F)n1. The van der Waals surface area contributed by atoms with Gasteiger partial charge in [-0.3, -0.25) is 0 Å². The lowest BCUT2D eigenvalue weighted by atomic mass is 10.3. The summed E-state index contributed by atoms with van der Waals surface area (Å²) in [7, 11) is 0. The fourth-order valence-corrected chi connectivity index (χ4v) is 1.40. The number of alkyl halides is 3. The summed E-state index contributed by atoms with van der Waals surface area (Å²) in [5, 5.41) is 8.53. The summed E-state index contributed by atoms with van der Waals surface area (Å²) in [5.74, 6) is -0.00456. The zero-order valence-corrected chi connectivity index (χ0v) is 10.1. The molecule has 0 bridgehead atoms. The summed E-state index contributed by atoms with van der Waals surface area (Å²) in [4.78, 5) is 8.90. The molecular formula is C11H13F3N4. The average molecular weight is 258 g/mol. The zero-order chi connectivity index (χ0) is 13.8. The molecule has 0 aromatic carbocycles. The highest BCUT2D eigenvalue weighted by molar-refractivity contribution is 5.32. The molecule has 0 unspecified atom stereocenters. The van der Waals surface area contributed by atoms with Gasteiger partial charge in [0, 0.05) is 18.8 Å². The Labute approximate surface area is 103 Å². The minimum absolute atomic E-state index is 0.00456. The van der Waals surface area contributed by atoms with E-state index in [1.54, 1.807) is 18.7 Å². The van der Waals surface area contributed by atoms with Crippen LogP contribution in [-0.2, 0) is 6.18 Å². The smallest absolute Gasteiger partial charge is 0.337 e. The molecule has 98 valence electrons. The average Bonchev–Trinajstić information content (AvgIpc) is 2.28. The second-order valence-corrected chi connectivity index (χ2v) is 3.93. The molecule has 0 saturated carbocycles. The van der Waals surface area contributed by atoms with Crippen LogP contribution in [0.4, 0.5) is 19.1 Å². The molecule has 7 heteroatoms. The number of nitriles is 1. The third-order valence-electron chi connectivity index (χ3n) is 2.28. The van der Waals surface area contributed by atoms with Crippen LogP contribution in [0.3, 0.4) is 0 Å². The van der Waals surface area contributed by atoms with Crippen molar-refractivity contribution < 1.29 is 13.2 Å². The Hall–Kier alpha value is -1.84. The van der Waals surface area contributed by atoms with E-state index in [1.165, 1.54) is 0 Å². The van der Waals surface area contributed by atoms with E-state index in [1.807, 2.05) is 6.07 Å². The van der Waals surface area contributed by atoms with Crippen LogP contribution in [0.2, 0.25) is 0 Å². The largest absolute Gasteiger partial charge is 0.433 e. The normalized spacial score (nSPS) is 11.4. The molecule has 1 aromatic heterocycles. The Morgan fingerprint density at radius 1 is 1.44 bits per heavy atom. The van der Waals surface area contributed by atoms with Gasteiger partial charge in [-0.15, -0.1) is 0 Å². The van der Waals surface area contributed by atoms with Gasteiger partial charge in [0.1, 0.15) is 5.69 Å². The fourth-order valence-electron chi connectivity index (χ4n) is 1.40. The summed E-state index contributed by atoms with van der Waals surface area (Å²) in [6.45, 7) is 3.91. The van der Waals surface area contributed by atoms with Gasteiger partial charge >= 0.3 is 6.18 Å². The molecule has 0 N–H and O–H groups in total. The lowest BCUT2D eigenvalue weighted by molar-refractivity contribution is -0.141. The lowest BCUT2D eigenvalue weighted by Gasteiger charge is -2.26. The van der Waals surface area contributed by atoms with E-state index < -0.39 is 11.9 Å². The van der Waals surface area contributed by atoms with Crippen LogP contribution < -0.4 is 4.90 Å². The number of halogens is 3. The first kappa shape index (κ1) is 14.2. The maximum Gasteiger partial charge on any atom is 0.433 e. The lowest BCUT2D eigenvalue weighted by Crippen LogP contribution is -2.33. The predicted octanol–water partition coefficient (Wildman–Crippen LogP) is 2.62. The summed E-state index contributed by atoms with van der Waals surface area (Å²) in [6, 6.07) is 2.69. The molecule has 0 aliphatic heterocycles. The van der Waals surface area contributed by atoms with Gasteiger partial charge < -0.3 is 4.90 Å². The number of anilines is 1. The predicted molar refractivity (Wildman–Crippen MR) is 59.7 cm³/mol. The summed E-state index contributed by atoms with van der Waals surface area (Å²) >= 11 is 0. The molecule has 0 aliphatic carbocycles. The molecule has 1 aromatic rings. The van der Waals surface area contributed by atoms with Crippen molar-refractivity contribution in [3.05, 3.63) is 18.0 Å². The van der Waals surface area contributed by atoms with Crippen LogP contribution in [0.15, 0.2) is 12.3 Å². The van der Waals surface area contributed by atoms with Crippen LogP contribution >= 0.6 is 0 Å². The Kier molecular flexibility index (Phi) is 4.48. The first-order valence-corrected chi connectivity index (χ1v) is 5.40. The molecule has 18 heavy (non-hydrogen) atoms. The van der Waals surface area contributed by atoms with E-state index in [0.29, 0.717) is 6.54 Å².